The molecule has 2 aromatic rings. The number of rotatable bonds is 2. The van der Waals surface area contributed by atoms with Gasteiger partial charge in [-0.1, -0.05) is 12.1 Å². The third kappa shape index (κ3) is 2.58. The molecule has 0 unspecified atom stereocenters. The van der Waals surface area contributed by atoms with Gasteiger partial charge in [0.05, 0.1) is 0 Å². The quantitative estimate of drug-likeness (QED) is 0.839. The first kappa shape index (κ1) is 12.3. The third-order valence-electron chi connectivity index (χ3n) is 2.68. The molecule has 0 spiro atoms. The first-order valence-electron chi connectivity index (χ1n) is 5.38. The van der Waals surface area contributed by atoms with Crippen molar-refractivity contribution < 1.29 is 0 Å². The molecule has 1 N–H and O–H groups in total. The predicted octanol–water partition coefficient (Wildman–Crippen LogP) is 3.36. The van der Waals surface area contributed by atoms with E-state index < -0.39 is 0 Å². The number of nitrogens with one attached hydrogen (secondary N) is 1. The van der Waals surface area contributed by atoms with Crippen LogP contribution < -0.4 is 5.32 Å². The normalized spacial score (nSPS) is 9.89. The van der Waals surface area contributed by atoms with Crippen LogP contribution in [0.25, 0.3) is 0 Å². The Bertz CT molecular complexity index is 631. The Morgan fingerprint density at radius 3 is 2.78 bits per heavy atom. The lowest BCUT2D eigenvalue weighted by molar-refractivity contribution is 1.14. The van der Waals surface area contributed by atoms with Gasteiger partial charge in [0.1, 0.15) is 17.6 Å². The number of hydrogen-bond acceptors (Lipinski definition) is 4. The van der Waals surface area contributed by atoms with Crippen LogP contribution in [0.1, 0.15) is 16.8 Å². The average molecular weight is 259 g/mol. The van der Waals surface area contributed by atoms with Crippen molar-refractivity contribution in [2.45, 2.75) is 13.8 Å². The van der Waals surface area contributed by atoms with Gasteiger partial charge in [0, 0.05) is 11.8 Å². The van der Waals surface area contributed by atoms with Crippen molar-refractivity contribution in [1.82, 2.24) is 9.97 Å². The van der Waals surface area contributed by atoms with Gasteiger partial charge in [-0.15, -0.1) is 0 Å². The van der Waals surface area contributed by atoms with E-state index in [9.17, 15) is 0 Å². The highest BCUT2D eigenvalue weighted by Gasteiger charge is 2.05. The number of aryl methyl sites for hydroxylation is 1. The molecule has 0 aliphatic rings. The van der Waals surface area contributed by atoms with Gasteiger partial charge < -0.3 is 5.32 Å². The molecule has 0 bridgehead atoms. The van der Waals surface area contributed by atoms with Gasteiger partial charge in [0.2, 0.25) is 5.28 Å². The van der Waals surface area contributed by atoms with Gasteiger partial charge in [-0.25, -0.2) is 9.97 Å². The summed E-state index contributed by atoms with van der Waals surface area (Å²) < 4.78 is 0. The first-order valence-corrected chi connectivity index (χ1v) is 5.76. The standard InChI is InChI=1S/C13H11ClN4/c1-8-4-3-5-11(9(8)2)17-12-6-10(7-15)16-13(14)18-12/h3-6H,1-2H3,(H,16,17,18). The van der Waals surface area contributed by atoms with Crippen molar-refractivity contribution in [2.75, 3.05) is 5.32 Å². The fourth-order valence-electron chi connectivity index (χ4n) is 1.56. The Balaban J connectivity index is 2.37. The monoisotopic (exact) mass is 258 g/mol. The molecule has 1 aromatic carbocycles. The van der Waals surface area contributed by atoms with E-state index in [0.29, 0.717) is 5.82 Å². The molecule has 1 heterocycles. The summed E-state index contributed by atoms with van der Waals surface area (Å²) in [6.45, 7) is 4.06. The minimum Gasteiger partial charge on any atom is -0.340 e. The van der Waals surface area contributed by atoms with Crippen LogP contribution in [-0.4, -0.2) is 9.97 Å². The number of halogens is 1. The van der Waals surface area contributed by atoms with Gasteiger partial charge in [-0.3, -0.25) is 0 Å². The zero-order valence-corrected chi connectivity index (χ0v) is 10.8. The van der Waals surface area contributed by atoms with Crippen molar-refractivity contribution in [1.29, 1.82) is 5.26 Å². The van der Waals surface area contributed by atoms with Crippen molar-refractivity contribution in [3.8, 4) is 6.07 Å². The zero-order chi connectivity index (χ0) is 13.1. The summed E-state index contributed by atoms with van der Waals surface area (Å²) in [5, 5.41) is 12.0. The van der Waals surface area contributed by atoms with E-state index >= 15 is 0 Å². The highest BCUT2D eigenvalue weighted by atomic mass is 35.5. The van der Waals surface area contributed by atoms with E-state index in [1.165, 1.54) is 5.56 Å². The lowest BCUT2D eigenvalue weighted by Gasteiger charge is -2.10. The van der Waals surface area contributed by atoms with Crippen LogP contribution in [0.15, 0.2) is 24.3 Å². The van der Waals surface area contributed by atoms with Crippen LogP contribution in [-0.2, 0) is 0 Å². The topological polar surface area (TPSA) is 61.6 Å². The number of nitriles is 1. The maximum absolute atomic E-state index is 8.82. The van der Waals surface area contributed by atoms with E-state index in [0.717, 1.165) is 11.3 Å². The number of aromatic nitrogens is 2. The smallest absolute Gasteiger partial charge is 0.225 e. The van der Waals surface area contributed by atoms with Gasteiger partial charge >= 0.3 is 0 Å². The Morgan fingerprint density at radius 1 is 1.28 bits per heavy atom. The molecule has 0 radical (unpaired) electrons. The van der Waals surface area contributed by atoms with Gasteiger partial charge in [0.25, 0.3) is 0 Å². The molecule has 0 aliphatic heterocycles. The number of nitrogens with zero attached hydrogens (tertiary/aromatic N) is 3. The molecule has 0 saturated heterocycles. The van der Waals surface area contributed by atoms with Crippen LogP contribution >= 0.6 is 11.6 Å². The minimum atomic E-state index is 0.0573. The Labute approximate surface area is 110 Å². The van der Waals surface area contributed by atoms with E-state index in [1.807, 2.05) is 38.1 Å². The van der Waals surface area contributed by atoms with Crippen LogP contribution in [0.3, 0.4) is 0 Å². The van der Waals surface area contributed by atoms with Gasteiger partial charge in [0.15, 0.2) is 0 Å². The van der Waals surface area contributed by atoms with E-state index in [-0.39, 0.29) is 11.0 Å². The molecular weight excluding hydrogens is 248 g/mol. The molecule has 18 heavy (non-hydrogen) atoms. The summed E-state index contributed by atoms with van der Waals surface area (Å²) in [6, 6.07) is 9.45. The molecule has 0 atom stereocenters. The summed E-state index contributed by atoms with van der Waals surface area (Å²) in [4.78, 5) is 7.83. The maximum Gasteiger partial charge on any atom is 0.225 e. The van der Waals surface area contributed by atoms with Crippen molar-refractivity contribution in [2.24, 2.45) is 0 Å². The minimum absolute atomic E-state index is 0.0573. The molecule has 0 saturated carbocycles. The second-order valence-corrected chi connectivity index (χ2v) is 4.23. The Morgan fingerprint density at radius 2 is 2.06 bits per heavy atom. The van der Waals surface area contributed by atoms with Gasteiger partial charge in [-0.2, -0.15) is 5.26 Å². The SMILES string of the molecule is Cc1cccc(Nc2cc(C#N)nc(Cl)n2)c1C. The molecule has 4 nitrogen and oxygen atoms in total. The van der Waals surface area contributed by atoms with Crippen LogP contribution in [0.4, 0.5) is 11.5 Å². The molecule has 2 rings (SSSR count). The predicted molar refractivity (Wildman–Crippen MR) is 71.0 cm³/mol. The second-order valence-electron chi connectivity index (χ2n) is 3.89. The third-order valence-corrected chi connectivity index (χ3v) is 2.85. The van der Waals surface area contributed by atoms with E-state index in [1.54, 1.807) is 6.07 Å². The largest absolute Gasteiger partial charge is 0.340 e. The summed E-state index contributed by atoms with van der Waals surface area (Å²) in [5.41, 5.74) is 3.49. The van der Waals surface area contributed by atoms with Crippen LogP contribution in [0.2, 0.25) is 5.28 Å². The molecule has 90 valence electrons. The summed E-state index contributed by atoms with van der Waals surface area (Å²) in [5.74, 6) is 0.514. The maximum atomic E-state index is 8.82. The number of benzene rings is 1. The zero-order valence-electron chi connectivity index (χ0n) is 10.0. The highest BCUT2D eigenvalue weighted by Crippen LogP contribution is 2.22. The first-order chi connectivity index (χ1) is 8.60. The molecule has 5 heteroatoms. The fraction of sp³-hybridized carbons (Fsp3) is 0.154. The number of hydrogen-bond donors (Lipinski definition) is 1. The molecule has 0 amide bonds. The summed E-state index contributed by atoms with van der Waals surface area (Å²) in [7, 11) is 0. The highest BCUT2D eigenvalue weighted by molar-refractivity contribution is 6.28. The summed E-state index contributed by atoms with van der Waals surface area (Å²) >= 11 is 5.75. The molecular formula is C13H11ClN4. The van der Waals surface area contributed by atoms with Crippen molar-refractivity contribution in [3.63, 3.8) is 0 Å². The fourth-order valence-corrected chi connectivity index (χ4v) is 1.75. The molecule has 0 aliphatic carbocycles. The van der Waals surface area contributed by atoms with Gasteiger partial charge in [-0.05, 0) is 42.6 Å². The van der Waals surface area contributed by atoms with E-state index in [2.05, 4.69) is 15.3 Å². The molecule has 0 fully saturated rings. The average Bonchev–Trinajstić information content (AvgIpc) is 2.34. The Hall–Kier alpha value is -2.12. The number of anilines is 2. The molecule has 1 aromatic heterocycles. The van der Waals surface area contributed by atoms with Crippen LogP contribution in [0.5, 0.6) is 0 Å². The summed E-state index contributed by atoms with van der Waals surface area (Å²) in [6.07, 6.45) is 0. The lowest BCUT2D eigenvalue weighted by Crippen LogP contribution is -1.99. The van der Waals surface area contributed by atoms with E-state index in [4.69, 9.17) is 16.9 Å². The van der Waals surface area contributed by atoms with Crippen LogP contribution in [0, 0.1) is 25.2 Å². The Kier molecular flexibility index (Phi) is 3.45. The second kappa shape index (κ2) is 5.03. The lowest BCUT2D eigenvalue weighted by atomic mass is 10.1. The van der Waals surface area contributed by atoms with Crippen molar-refractivity contribution in [3.05, 3.63) is 46.4 Å². The van der Waals surface area contributed by atoms with Crippen molar-refractivity contribution >= 4 is 23.1 Å².